The number of anilines is 1. The fourth-order valence-corrected chi connectivity index (χ4v) is 4.91. The monoisotopic (exact) mass is 432 g/mol. The summed E-state index contributed by atoms with van der Waals surface area (Å²) in [5, 5.41) is 2.67. The molecular formula is C22H25FN2O4S. The van der Waals surface area contributed by atoms with Crippen LogP contribution in [0.25, 0.3) is 6.08 Å². The minimum absolute atomic E-state index is 0.0477. The maximum Gasteiger partial charge on any atom is 0.248 e. The molecule has 30 heavy (non-hydrogen) atoms. The molecule has 0 atom stereocenters. The molecule has 6 nitrogen and oxygen atoms in total. The Bertz CT molecular complexity index is 1010. The first-order chi connectivity index (χ1) is 14.4. The average molecular weight is 433 g/mol. The number of halogens is 1. The molecule has 1 amide bonds. The number of piperidine rings is 1. The van der Waals surface area contributed by atoms with Crippen molar-refractivity contribution in [1.82, 2.24) is 4.31 Å². The van der Waals surface area contributed by atoms with Crippen LogP contribution in [-0.4, -0.2) is 38.3 Å². The second kappa shape index (κ2) is 9.86. The Morgan fingerprint density at radius 1 is 1.13 bits per heavy atom. The van der Waals surface area contributed by atoms with Crippen LogP contribution in [0.4, 0.5) is 10.1 Å². The Kier molecular flexibility index (Phi) is 7.23. The Labute approximate surface area is 176 Å². The van der Waals surface area contributed by atoms with Crippen LogP contribution in [0.2, 0.25) is 0 Å². The molecule has 0 aliphatic carbocycles. The molecule has 2 aromatic rings. The zero-order chi connectivity index (χ0) is 21.6. The van der Waals surface area contributed by atoms with Crippen molar-refractivity contribution in [3.8, 4) is 5.75 Å². The van der Waals surface area contributed by atoms with E-state index in [2.05, 4.69) is 5.32 Å². The molecular weight excluding hydrogens is 407 g/mol. The number of hydrogen-bond acceptors (Lipinski definition) is 4. The van der Waals surface area contributed by atoms with Crippen molar-refractivity contribution in [2.75, 3.05) is 25.0 Å². The highest BCUT2D eigenvalue weighted by atomic mass is 32.2. The Hall–Kier alpha value is -2.71. The van der Waals surface area contributed by atoms with Crippen LogP contribution in [0.5, 0.6) is 5.75 Å². The van der Waals surface area contributed by atoms with Gasteiger partial charge in [-0.2, -0.15) is 4.31 Å². The van der Waals surface area contributed by atoms with E-state index in [-0.39, 0.29) is 16.5 Å². The van der Waals surface area contributed by atoms with E-state index in [0.29, 0.717) is 30.9 Å². The molecule has 0 saturated carbocycles. The summed E-state index contributed by atoms with van der Waals surface area (Å²) in [4.78, 5) is 12.3. The summed E-state index contributed by atoms with van der Waals surface area (Å²) in [5.41, 5.74) is 1.02. The van der Waals surface area contributed by atoms with Gasteiger partial charge in [-0.3, -0.25) is 4.79 Å². The van der Waals surface area contributed by atoms with Gasteiger partial charge in [-0.25, -0.2) is 12.8 Å². The Balaban J connectivity index is 1.81. The quantitative estimate of drug-likeness (QED) is 0.670. The highest BCUT2D eigenvalue weighted by molar-refractivity contribution is 7.89. The Morgan fingerprint density at radius 3 is 2.50 bits per heavy atom. The van der Waals surface area contributed by atoms with Crippen LogP contribution in [-0.2, 0) is 14.8 Å². The molecule has 1 heterocycles. The second-order valence-corrected chi connectivity index (χ2v) is 8.84. The molecule has 2 aromatic carbocycles. The summed E-state index contributed by atoms with van der Waals surface area (Å²) in [6.07, 6.45) is 5.53. The molecule has 1 aliphatic rings. The molecule has 0 aromatic heterocycles. The van der Waals surface area contributed by atoms with Gasteiger partial charge in [0.1, 0.15) is 16.5 Å². The number of nitrogens with one attached hydrogen (secondary N) is 1. The number of carbonyl (C=O) groups is 1. The van der Waals surface area contributed by atoms with Crippen molar-refractivity contribution in [1.29, 1.82) is 0 Å². The van der Waals surface area contributed by atoms with E-state index >= 15 is 0 Å². The number of amides is 1. The standard InChI is InChI=1S/C22H25FN2O4S/c1-2-29-20-12-11-19(16-21(20)30(27,28)25-14-4-3-5-15-25)24-22(26)13-8-17-6-9-18(23)10-7-17/h6-13,16H,2-5,14-15H2,1H3,(H,24,26)/b13-8+. The van der Waals surface area contributed by atoms with E-state index in [9.17, 15) is 17.6 Å². The van der Waals surface area contributed by atoms with Crippen LogP contribution >= 0.6 is 0 Å². The van der Waals surface area contributed by atoms with Crippen molar-refractivity contribution < 1.29 is 22.3 Å². The number of nitrogens with zero attached hydrogens (tertiary/aromatic N) is 1. The predicted octanol–water partition coefficient (Wildman–Crippen LogP) is 4.05. The Morgan fingerprint density at radius 2 is 1.83 bits per heavy atom. The van der Waals surface area contributed by atoms with Crippen LogP contribution in [0, 0.1) is 5.82 Å². The number of rotatable bonds is 7. The number of benzene rings is 2. The van der Waals surface area contributed by atoms with Gasteiger partial charge in [0.2, 0.25) is 15.9 Å². The van der Waals surface area contributed by atoms with Crippen molar-refractivity contribution in [3.63, 3.8) is 0 Å². The minimum atomic E-state index is -3.73. The van der Waals surface area contributed by atoms with E-state index in [1.807, 2.05) is 0 Å². The number of carbonyl (C=O) groups excluding carboxylic acids is 1. The summed E-state index contributed by atoms with van der Waals surface area (Å²) >= 11 is 0. The van der Waals surface area contributed by atoms with Gasteiger partial charge >= 0.3 is 0 Å². The molecule has 1 saturated heterocycles. The number of sulfonamides is 1. The van der Waals surface area contributed by atoms with Gasteiger partial charge in [-0.1, -0.05) is 18.6 Å². The third-order valence-corrected chi connectivity index (χ3v) is 6.66. The molecule has 8 heteroatoms. The summed E-state index contributed by atoms with van der Waals surface area (Å²) in [6, 6.07) is 10.3. The lowest BCUT2D eigenvalue weighted by molar-refractivity contribution is -0.111. The zero-order valence-electron chi connectivity index (χ0n) is 16.8. The first kappa shape index (κ1) is 22.0. The third kappa shape index (κ3) is 5.46. The molecule has 1 aliphatic heterocycles. The van der Waals surface area contributed by atoms with Gasteiger partial charge in [0.25, 0.3) is 0 Å². The molecule has 0 radical (unpaired) electrons. The van der Waals surface area contributed by atoms with E-state index in [1.165, 1.54) is 28.6 Å². The van der Waals surface area contributed by atoms with Crippen molar-refractivity contribution >= 4 is 27.7 Å². The first-order valence-corrected chi connectivity index (χ1v) is 11.4. The van der Waals surface area contributed by atoms with Crippen molar-refractivity contribution in [2.45, 2.75) is 31.1 Å². The fraction of sp³-hybridized carbons (Fsp3) is 0.318. The van der Waals surface area contributed by atoms with Gasteiger partial charge in [-0.05, 0) is 61.7 Å². The van der Waals surface area contributed by atoms with E-state index < -0.39 is 15.9 Å². The summed E-state index contributed by atoms with van der Waals surface area (Å²) in [7, 11) is -3.73. The summed E-state index contributed by atoms with van der Waals surface area (Å²) in [5.74, 6) is -0.513. The van der Waals surface area contributed by atoms with Crippen molar-refractivity contribution in [3.05, 3.63) is 59.9 Å². The lowest BCUT2D eigenvalue weighted by Crippen LogP contribution is -2.35. The largest absolute Gasteiger partial charge is 0.492 e. The van der Waals surface area contributed by atoms with E-state index in [4.69, 9.17) is 4.74 Å². The van der Waals surface area contributed by atoms with Gasteiger partial charge < -0.3 is 10.1 Å². The average Bonchev–Trinajstić information content (AvgIpc) is 2.75. The first-order valence-electron chi connectivity index (χ1n) is 9.92. The highest BCUT2D eigenvalue weighted by Gasteiger charge is 2.29. The van der Waals surface area contributed by atoms with Crippen LogP contribution in [0.3, 0.4) is 0 Å². The normalized spacial score (nSPS) is 15.3. The molecule has 160 valence electrons. The minimum Gasteiger partial charge on any atom is -0.492 e. The molecule has 1 N–H and O–H groups in total. The van der Waals surface area contributed by atoms with E-state index in [0.717, 1.165) is 19.3 Å². The maximum absolute atomic E-state index is 13.1. The summed E-state index contributed by atoms with van der Waals surface area (Å²) < 4.78 is 46.3. The molecule has 0 unspecified atom stereocenters. The topological polar surface area (TPSA) is 75.7 Å². The van der Waals surface area contributed by atoms with Crippen LogP contribution in [0.1, 0.15) is 31.7 Å². The van der Waals surface area contributed by atoms with Gasteiger partial charge in [0.05, 0.1) is 6.61 Å². The van der Waals surface area contributed by atoms with Crippen molar-refractivity contribution in [2.24, 2.45) is 0 Å². The fourth-order valence-electron chi connectivity index (χ4n) is 3.24. The number of hydrogen-bond donors (Lipinski definition) is 1. The predicted molar refractivity (Wildman–Crippen MR) is 114 cm³/mol. The molecule has 0 spiro atoms. The SMILES string of the molecule is CCOc1ccc(NC(=O)/C=C/c2ccc(F)cc2)cc1S(=O)(=O)N1CCCCC1. The lowest BCUT2D eigenvalue weighted by atomic mass is 10.2. The molecule has 3 rings (SSSR count). The molecule has 0 bridgehead atoms. The van der Waals surface area contributed by atoms with Gasteiger partial charge in [0.15, 0.2) is 0 Å². The third-order valence-electron chi connectivity index (χ3n) is 4.74. The van der Waals surface area contributed by atoms with Crippen LogP contribution < -0.4 is 10.1 Å². The molecule has 1 fully saturated rings. The lowest BCUT2D eigenvalue weighted by Gasteiger charge is -2.26. The smallest absolute Gasteiger partial charge is 0.248 e. The zero-order valence-corrected chi connectivity index (χ0v) is 17.6. The second-order valence-electron chi connectivity index (χ2n) is 6.93. The highest BCUT2D eigenvalue weighted by Crippen LogP contribution is 2.31. The number of ether oxygens (including phenoxy) is 1. The van der Waals surface area contributed by atoms with Gasteiger partial charge in [-0.15, -0.1) is 0 Å². The van der Waals surface area contributed by atoms with Gasteiger partial charge in [0, 0.05) is 24.9 Å². The van der Waals surface area contributed by atoms with Crippen LogP contribution in [0.15, 0.2) is 53.4 Å². The summed E-state index contributed by atoms with van der Waals surface area (Å²) in [6.45, 7) is 3.07. The van der Waals surface area contributed by atoms with E-state index in [1.54, 1.807) is 37.3 Å². The maximum atomic E-state index is 13.1.